The van der Waals surface area contributed by atoms with Crippen molar-refractivity contribution in [1.82, 2.24) is 5.32 Å². The van der Waals surface area contributed by atoms with Crippen LogP contribution in [0.2, 0.25) is 0 Å². The van der Waals surface area contributed by atoms with Crippen LogP contribution in [0.25, 0.3) is 0 Å². The average Bonchev–Trinajstić information content (AvgIpc) is 1.05. The number of unbranched alkanes of at least 4 members (excludes halogenated alkanes) is 50. The van der Waals surface area contributed by atoms with Gasteiger partial charge in [0.15, 0.2) is 6.29 Å². The molecule has 1 amide bonds. The van der Waals surface area contributed by atoms with E-state index in [1.54, 1.807) is 0 Å². The van der Waals surface area contributed by atoms with Gasteiger partial charge < -0.3 is 50.5 Å². The van der Waals surface area contributed by atoms with Crippen LogP contribution in [-0.2, 0) is 14.3 Å². The first-order valence-corrected chi connectivity index (χ1v) is 39.5. The normalized spacial score (nSPS) is 18.6. The minimum absolute atomic E-state index is 0.242. The predicted octanol–water partition coefficient (Wildman–Crippen LogP) is 20.3. The van der Waals surface area contributed by atoms with Gasteiger partial charge in [-0.05, 0) is 89.9 Å². The third kappa shape index (κ3) is 54.8. The maximum Gasteiger partial charge on any atom is 0.249 e. The maximum absolute atomic E-state index is 13.3. The van der Waals surface area contributed by atoms with Gasteiger partial charge in [-0.25, -0.2) is 0 Å². The van der Waals surface area contributed by atoms with Gasteiger partial charge in [0.2, 0.25) is 5.91 Å². The Morgan fingerprint density at radius 1 is 0.374 bits per heavy atom. The van der Waals surface area contributed by atoms with Crippen molar-refractivity contribution in [2.45, 2.75) is 441 Å². The number of rotatable bonds is 70. The van der Waals surface area contributed by atoms with Crippen LogP contribution >= 0.6 is 0 Å². The SMILES string of the molecule is CCCCCCCCCCCCCC/C=C\CCCCCCCCCCCCCCCCCCC(O)C(=O)NC(COC1OC(CO)C(O)C(O)C1O)C(O)C(O)CCC/C=C/CC/C=C/CC/C=C/CCCCCCCCCCCCCCCCCCCCC. The molecule has 1 fully saturated rings. The third-order valence-electron chi connectivity index (χ3n) is 19.1. The van der Waals surface area contributed by atoms with Crippen LogP contribution in [0.4, 0.5) is 0 Å². The summed E-state index contributed by atoms with van der Waals surface area (Å²) in [7, 11) is 0. The van der Waals surface area contributed by atoms with E-state index in [1.165, 1.54) is 295 Å². The van der Waals surface area contributed by atoms with Crippen LogP contribution < -0.4 is 5.32 Å². The van der Waals surface area contributed by atoms with Crippen LogP contribution in [0.5, 0.6) is 0 Å². The summed E-state index contributed by atoms with van der Waals surface area (Å²) in [5, 5.41) is 76.6. The zero-order valence-electron chi connectivity index (χ0n) is 59.6. The van der Waals surface area contributed by atoms with Crippen LogP contribution in [0.15, 0.2) is 48.6 Å². The number of amides is 1. The lowest BCUT2D eigenvalue weighted by Gasteiger charge is -2.40. The summed E-state index contributed by atoms with van der Waals surface area (Å²) in [5.74, 6) is -0.707. The predicted molar refractivity (Wildman–Crippen MR) is 385 cm³/mol. The molecule has 536 valence electrons. The highest BCUT2D eigenvalue weighted by Gasteiger charge is 2.44. The van der Waals surface area contributed by atoms with Crippen molar-refractivity contribution >= 4 is 5.91 Å². The molecular weight excluding hydrogens is 1130 g/mol. The lowest BCUT2D eigenvalue weighted by Crippen LogP contribution is -2.60. The number of aliphatic hydroxyl groups is 7. The Balaban J connectivity index is 2.18. The molecule has 11 nitrogen and oxygen atoms in total. The van der Waals surface area contributed by atoms with Crippen LogP contribution in [0.1, 0.15) is 386 Å². The van der Waals surface area contributed by atoms with E-state index in [1.807, 2.05) is 0 Å². The Hall–Kier alpha value is -1.93. The molecule has 1 aliphatic rings. The number of aliphatic hydroxyl groups excluding tert-OH is 7. The van der Waals surface area contributed by atoms with Crippen molar-refractivity contribution < 1.29 is 50.0 Å². The number of hydrogen-bond acceptors (Lipinski definition) is 10. The highest BCUT2D eigenvalue weighted by atomic mass is 16.7. The second-order valence-electron chi connectivity index (χ2n) is 27.8. The molecule has 1 saturated heterocycles. The van der Waals surface area contributed by atoms with Crippen molar-refractivity contribution in [3.63, 3.8) is 0 Å². The Labute approximate surface area is 561 Å². The fraction of sp³-hybridized carbons (Fsp3) is 0.887. The Morgan fingerprint density at radius 3 is 0.978 bits per heavy atom. The molecule has 0 aromatic rings. The molecule has 0 radical (unpaired) electrons. The molecule has 9 unspecified atom stereocenters. The Morgan fingerprint density at radius 2 is 0.659 bits per heavy atom. The molecule has 0 bridgehead atoms. The maximum atomic E-state index is 13.3. The van der Waals surface area contributed by atoms with Crippen molar-refractivity contribution in [3.8, 4) is 0 Å². The summed E-state index contributed by atoms with van der Waals surface area (Å²) in [5.41, 5.74) is 0. The first kappa shape index (κ1) is 87.1. The van der Waals surface area contributed by atoms with Crippen molar-refractivity contribution in [1.29, 1.82) is 0 Å². The van der Waals surface area contributed by atoms with E-state index in [2.05, 4.69) is 67.8 Å². The second kappa shape index (κ2) is 68.0. The molecule has 11 heteroatoms. The second-order valence-corrected chi connectivity index (χ2v) is 27.8. The summed E-state index contributed by atoms with van der Waals surface area (Å²) in [4.78, 5) is 13.3. The van der Waals surface area contributed by atoms with Crippen LogP contribution in [-0.4, -0.2) is 110 Å². The third-order valence-corrected chi connectivity index (χ3v) is 19.1. The minimum Gasteiger partial charge on any atom is -0.394 e. The first-order chi connectivity index (χ1) is 44.7. The molecule has 9 atom stereocenters. The van der Waals surface area contributed by atoms with Gasteiger partial charge in [0.25, 0.3) is 0 Å². The van der Waals surface area contributed by atoms with Gasteiger partial charge in [0.1, 0.15) is 36.6 Å². The molecule has 1 aliphatic heterocycles. The van der Waals surface area contributed by atoms with E-state index in [0.29, 0.717) is 19.3 Å². The van der Waals surface area contributed by atoms with Gasteiger partial charge in [0.05, 0.1) is 25.4 Å². The Kier molecular flexibility index (Phi) is 65.1. The first-order valence-electron chi connectivity index (χ1n) is 39.5. The van der Waals surface area contributed by atoms with Crippen LogP contribution in [0.3, 0.4) is 0 Å². The van der Waals surface area contributed by atoms with Gasteiger partial charge in [-0.2, -0.15) is 0 Å². The zero-order chi connectivity index (χ0) is 66.0. The van der Waals surface area contributed by atoms with Gasteiger partial charge in [-0.3, -0.25) is 4.79 Å². The quantitative estimate of drug-likeness (QED) is 0.0215. The molecule has 0 aromatic heterocycles. The lowest BCUT2D eigenvalue weighted by atomic mass is 9.98. The molecule has 1 rings (SSSR count). The standard InChI is InChI=1S/C80H151NO10/c1-3-5-7-9-11-13-15-17-19-21-23-25-27-29-31-33-35-37-39-41-43-45-47-49-51-53-55-57-59-61-63-65-67-72(83)75(85)71(70-90-80-78(88)77(87)76(86)74(69-82)91-80)81-79(89)73(84)68-66-64-62-60-58-56-54-52-50-48-46-44-42-40-38-36-34-32-30-28-26-24-22-20-18-16-14-12-10-8-6-4-2/h30,32,43,45,51,53,59,61,71-78,80,82-88H,3-29,31,33-42,44,46-50,52,54-58,60,62-70H2,1-2H3,(H,81,89)/b32-30-,45-43+,53-51+,61-59+. The van der Waals surface area contributed by atoms with Crippen molar-refractivity contribution in [3.05, 3.63) is 48.6 Å². The molecule has 1 heterocycles. The molecule has 0 spiro atoms. The topological polar surface area (TPSA) is 189 Å². The summed E-state index contributed by atoms with van der Waals surface area (Å²) in [6.07, 6.45) is 79.4. The van der Waals surface area contributed by atoms with E-state index in [9.17, 15) is 40.5 Å². The van der Waals surface area contributed by atoms with Crippen molar-refractivity contribution in [2.75, 3.05) is 13.2 Å². The molecule has 0 aromatic carbocycles. The molecule has 91 heavy (non-hydrogen) atoms. The van der Waals surface area contributed by atoms with Gasteiger partial charge in [-0.15, -0.1) is 0 Å². The number of carbonyl (C=O) groups excluding carboxylic acids is 1. The monoisotopic (exact) mass is 1290 g/mol. The highest BCUT2D eigenvalue weighted by molar-refractivity contribution is 5.80. The molecule has 0 saturated carbocycles. The molecule has 0 aliphatic carbocycles. The largest absolute Gasteiger partial charge is 0.394 e. The van der Waals surface area contributed by atoms with E-state index in [-0.39, 0.29) is 12.8 Å². The van der Waals surface area contributed by atoms with Gasteiger partial charge >= 0.3 is 0 Å². The lowest BCUT2D eigenvalue weighted by molar-refractivity contribution is -0.303. The summed E-state index contributed by atoms with van der Waals surface area (Å²) < 4.78 is 11.2. The summed E-state index contributed by atoms with van der Waals surface area (Å²) in [6, 6.07) is -1.20. The minimum atomic E-state index is -1.68. The number of hydrogen-bond donors (Lipinski definition) is 8. The summed E-state index contributed by atoms with van der Waals surface area (Å²) >= 11 is 0. The average molecular weight is 1290 g/mol. The number of carbonyl (C=O) groups is 1. The fourth-order valence-corrected chi connectivity index (χ4v) is 12.8. The Bertz CT molecular complexity index is 1620. The zero-order valence-corrected chi connectivity index (χ0v) is 59.6. The number of ether oxygens (including phenoxy) is 2. The van der Waals surface area contributed by atoms with Gasteiger partial charge in [0, 0.05) is 0 Å². The van der Waals surface area contributed by atoms with E-state index < -0.39 is 74.2 Å². The van der Waals surface area contributed by atoms with E-state index in [0.717, 1.165) is 44.9 Å². The number of nitrogens with one attached hydrogen (secondary N) is 1. The molecular formula is C80H151NO10. The van der Waals surface area contributed by atoms with Crippen molar-refractivity contribution in [2.24, 2.45) is 0 Å². The number of allylic oxidation sites excluding steroid dienone is 8. The van der Waals surface area contributed by atoms with Crippen LogP contribution in [0, 0.1) is 0 Å². The van der Waals surface area contributed by atoms with E-state index >= 15 is 0 Å². The molecule has 8 N–H and O–H groups in total. The summed E-state index contributed by atoms with van der Waals surface area (Å²) in [6.45, 7) is 3.50. The smallest absolute Gasteiger partial charge is 0.249 e. The highest BCUT2D eigenvalue weighted by Crippen LogP contribution is 2.24. The van der Waals surface area contributed by atoms with Gasteiger partial charge in [-0.1, -0.05) is 345 Å². The fourth-order valence-electron chi connectivity index (χ4n) is 12.8. The van der Waals surface area contributed by atoms with E-state index in [4.69, 9.17) is 9.47 Å².